The molecule has 1 unspecified atom stereocenters. The monoisotopic (exact) mass is 616 g/mol. The Labute approximate surface area is 262 Å². The Morgan fingerprint density at radius 2 is 1.84 bits per heavy atom. The fraction of sp³-hybridized carbons (Fsp3) is 0.364. The number of imidazole rings is 1. The number of hydrogen-bond acceptors (Lipinski definition) is 9. The van der Waals surface area contributed by atoms with Crippen LogP contribution in [0.2, 0.25) is 0 Å². The normalized spacial score (nSPS) is 11.6. The third-order valence-electron chi connectivity index (χ3n) is 7.27. The topological polar surface area (TPSA) is 151 Å². The van der Waals surface area contributed by atoms with Crippen LogP contribution in [0.1, 0.15) is 66.9 Å². The number of aromatic nitrogens is 3. The van der Waals surface area contributed by atoms with Gasteiger partial charge in [0.15, 0.2) is 0 Å². The zero-order valence-electron chi connectivity index (χ0n) is 25.9. The summed E-state index contributed by atoms with van der Waals surface area (Å²) in [4.78, 5) is 47.8. The van der Waals surface area contributed by atoms with E-state index in [9.17, 15) is 14.4 Å². The summed E-state index contributed by atoms with van der Waals surface area (Å²) in [6, 6.07) is 17.6. The number of fused-ring (bicyclic) bond motifs is 1. The lowest BCUT2D eigenvalue weighted by atomic mass is 10.1. The number of pyridine rings is 1. The van der Waals surface area contributed by atoms with E-state index < -0.39 is 18.2 Å². The van der Waals surface area contributed by atoms with Gasteiger partial charge in [-0.1, -0.05) is 44.4 Å². The maximum atomic E-state index is 13.5. The van der Waals surface area contributed by atoms with E-state index in [-0.39, 0.29) is 25.5 Å². The van der Waals surface area contributed by atoms with Gasteiger partial charge in [0.25, 0.3) is 5.91 Å². The maximum Gasteiger partial charge on any atom is 0.408 e. The quantitative estimate of drug-likeness (QED) is 0.107. The fourth-order valence-electron chi connectivity index (χ4n) is 4.67. The Hall–Kier alpha value is -4.97. The molecular weight excluding hydrogens is 576 g/mol. The van der Waals surface area contributed by atoms with E-state index >= 15 is 0 Å². The van der Waals surface area contributed by atoms with Gasteiger partial charge < -0.3 is 29.8 Å². The van der Waals surface area contributed by atoms with E-state index in [0.29, 0.717) is 40.6 Å². The molecule has 0 radical (unpaired) electrons. The lowest BCUT2D eigenvalue weighted by Crippen LogP contribution is -2.34. The molecule has 2 aromatic heterocycles. The molecule has 0 saturated heterocycles. The number of anilines is 1. The van der Waals surface area contributed by atoms with Gasteiger partial charge in [-0.15, -0.1) is 0 Å². The number of alkyl carbamates (subject to hydrolysis) is 1. The summed E-state index contributed by atoms with van der Waals surface area (Å²) in [7, 11) is 3.19. The van der Waals surface area contributed by atoms with Crippen molar-refractivity contribution in [3.8, 4) is 5.75 Å². The minimum atomic E-state index is -0.715. The molecule has 0 spiro atoms. The molecule has 0 saturated carbocycles. The Kier molecular flexibility index (Phi) is 11.9. The van der Waals surface area contributed by atoms with Crippen molar-refractivity contribution in [2.45, 2.75) is 51.8 Å². The highest BCUT2D eigenvalue weighted by atomic mass is 16.5. The summed E-state index contributed by atoms with van der Waals surface area (Å²) in [5.74, 6) is 0.962. The van der Waals surface area contributed by atoms with Gasteiger partial charge in [-0.2, -0.15) is 0 Å². The Bertz CT molecular complexity index is 1570. The molecule has 12 nitrogen and oxygen atoms in total. The van der Waals surface area contributed by atoms with Crippen molar-refractivity contribution in [2.24, 2.45) is 12.8 Å². The first kappa shape index (κ1) is 32.9. The first-order valence-corrected chi connectivity index (χ1v) is 15.0. The van der Waals surface area contributed by atoms with Crippen LogP contribution in [0.25, 0.3) is 11.0 Å². The summed E-state index contributed by atoms with van der Waals surface area (Å²) < 4.78 is 17.8. The van der Waals surface area contributed by atoms with Gasteiger partial charge in [0, 0.05) is 25.4 Å². The molecule has 3 N–H and O–H groups in total. The van der Waals surface area contributed by atoms with Crippen molar-refractivity contribution < 1.29 is 28.6 Å². The van der Waals surface area contributed by atoms with E-state index in [1.54, 1.807) is 60.8 Å². The number of nitrogens with two attached hydrogens (primary N) is 1. The zero-order valence-corrected chi connectivity index (χ0v) is 25.9. The zero-order chi connectivity index (χ0) is 32.2. The predicted octanol–water partition coefficient (Wildman–Crippen LogP) is 5.02. The predicted molar refractivity (Wildman–Crippen MR) is 170 cm³/mol. The number of rotatable bonds is 15. The van der Waals surface area contributed by atoms with Crippen molar-refractivity contribution in [2.75, 3.05) is 25.2 Å². The smallest absolute Gasteiger partial charge is 0.408 e. The van der Waals surface area contributed by atoms with E-state index in [0.717, 1.165) is 31.2 Å². The third kappa shape index (κ3) is 9.02. The average molecular weight is 617 g/mol. The molecule has 2 amide bonds. The van der Waals surface area contributed by atoms with E-state index in [1.165, 1.54) is 12.0 Å². The molecule has 0 aliphatic heterocycles. The molecule has 2 aromatic carbocycles. The van der Waals surface area contributed by atoms with Crippen LogP contribution < -0.4 is 20.7 Å². The van der Waals surface area contributed by atoms with Gasteiger partial charge in [-0.05, 0) is 54.4 Å². The number of aryl methyl sites for hydroxylation is 1. The Morgan fingerprint density at radius 3 is 2.56 bits per heavy atom. The summed E-state index contributed by atoms with van der Waals surface area (Å²) in [6.07, 6.45) is 4.45. The number of esters is 1. The molecule has 45 heavy (non-hydrogen) atoms. The van der Waals surface area contributed by atoms with Gasteiger partial charge >= 0.3 is 12.1 Å². The first-order chi connectivity index (χ1) is 21.8. The van der Waals surface area contributed by atoms with Crippen LogP contribution in [-0.2, 0) is 27.9 Å². The van der Waals surface area contributed by atoms with Crippen LogP contribution in [0.3, 0.4) is 0 Å². The lowest BCUT2D eigenvalue weighted by Gasteiger charge is -2.21. The second kappa shape index (κ2) is 16.2. The van der Waals surface area contributed by atoms with Crippen molar-refractivity contribution in [3.63, 3.8) is 0 Å². The number of benzene rings is 2. The highest BCUT2D eigenvalue weighted by molar-refractivity contribution is 6.07. The molecule has 12 heteroatoms. The molecule has 4 rings (SSSR count). The minimum Gasteiger partial charge on any atom is -0.486 e. The number of nitrogens with zero attached hydrogens (tertiary/aromatic N) is 4. The highest BCUT2D eigenvalue weighted by Gasteiger charge is 2.21. The van der Waals surface area contributed by atoms with Crippen LogP contribution in [-0.4, -0.2) is 52.8 Å². The molecule has 4 aromatic rings. The first-order valence-electron chi connectivity index (χ1n) is 15.0. The van der Waals surface area contributed by atoms with Crippen LogP contribution >= 0.6 is 0 Å². The average Bonchev–Trinajstić information content (AvgIpc) is 3.38. The number of unbranched alkanes of at least 4 members (excludes halogenated alkanes) is 3. The molecule has 238 valence electrons. The van der Waals surface area contributed by atoms with Crippen molar-refractivity contribution in [1.82, 2.24) is 19.9 Å². The molecular formula is C33H40N6O6. The molecule has 0 aliphatic rings. The summed E-state index contributed by atoms with van der Waals surface area (Å²) in [5, 5.41) is 2.64. The largest absolute Gasteiger partial charge is 0.486 e. The van der Waals surface area contributed by atoms with E-state index in [2.05, 4.69) is 17.2 Å². The van der Waals surface area contributed by atoms with E-state index in [1.807, 2.05) is 17.7 Å². The van der Waals surface area contributed by atoms with Gasteiger partial charge in [0.2, 0.25) is 0 Å². The number of carbonyl (C=O) groups excluding carboxylic acids is 3. The number of carbonyl (C=O) groups is 3. The number of hydrogen-bond donors (Lipinski definition) is 2. The standard InChI is InChI=1S/C33H40N6O6/c1-4-5-6-9-20-44-33(42)37-31(34)23-11-14-25(15-12-23)45-22-29-36-26-21-24(13-16-27(26)38(29)2)32(41)39(19-17-30(40)43-3)28-10-7-8-18-35-28/h7-8,10-16,18,21,31H,4-6,9,17,19-20,22,34H2,1-3H3,(H,37,42). The molecule has 1 atom stereocenters. The molecule has 0 fully saturated rings. The number of nitrogens with one attached hydrogen (secondary N) is 1. The fourth-order valence-corrected chi connectivity index (χ4v) is 4.67. The Morgan fingerprint density at radius 1 is 1.04 bits per heavy atom. The Balaban J connectivity index is 1.38. The SMILES string of the molecule is CCCCCCOC(=O)NC(N)c1ccc(OCc2nc3cc(C(=O)N(CCC(=O)OC)c4ccccn4)ccc3n2C)cc1. The van der Waals surface area contributed by atoms with E-state index in [4.69, 9.17) is 24.9 Å². The van der Waals surface area contributed by atoms with Crippen LogP contribution in [0, 0.1) is 0 Å². The summed E-state index contributed by atoms with van der Waals surface area (Å²) in [6.45, 7) is 2.79. The van der Waals surface area contributed by atoms with Crippen molar-refractivity contribution in [1.29, 1.82) is 0 Å². The van der Waals surface area contributed by atoms with Gasteiger partial charge in [-0.25, -0.2) is 14.8 Å². The minimum absolute atomic E-state index is 0.0291. The number of ether oxygens (including phenoxy) is 3. The molecule has 0 aliphatic carbocycles. The number of amides is 2. The lowest BCUT2D eigenvalue weighted by molar-refractivity contribution is -0.140. The van der Waals surface area contributed by atoms with Gasteiger partial charge in [0.1, 0.15) is 30.2 Å². The van der Waals surface area contributed by atoms with Gasteiger partial charge in [0.05, 0.1) is 31.2 Å². The summed E-state index contributed by atoms with van der Waals surface area (Å²) >= 11 is 0. The van der Waals surface area contributed by atoms with Crippen molar-refractivity contribution >= 4 is 34.8 Å². The third-order valence-corrected chi connectivity index (χ3v) is 7.27. The highest BCUT2D eigenvalue weighted by Crippen LogP contribution is 2.22. The molecule has 2 heterocycles. The second-order valence-corrected chi connectivity index (χ2v) is 10.4. The number of methoxy groups -OCH3 is 1. The maximum absolute atomic E-state index is 13.5. The van der Waals surface area contributed by atoms with Crippen LogP contribution in [0.4, 0.5) is 10.6 Å². The van der Waals surface area contributed by atoms with Crippen molar-refractivity contribution in [3.05, 3.63) is 83.8 Å². The molecule has 0 bridgehead atoms. The van der Waals surface area contributed by atoms with Crippen LogP contribution in [0.15, 0.2) is 66.9 Å². The summed E-state index contributed by atoms with van der Waals surface area (Å²) in [5.41, 5.74) is 8.70. The van der Waals surface area contributed by atoms with Gasteiger partial charge in [-0.3, -0.25) is 14.5 Å². The van der Waals surface area contributed by atoms with Crippen LogP contribution in [0.5, 0.6) is 5.75 Å². The second-order valence-electron chi connectivity index (χ2n) is 10.4.